The van der Waals surface area contributed by atoms with E-state index in [9.17, 15) is 0 Å². The first kappa shape index (κ1) is 12.6. The van der Waals surface area contributed by atoms with E-state index in [-0.39, 0.29) is 0 Å². The molecule has 0 unspecified atom stereocenters. The van der Waals surface area contributed by atoms with Crippen molar-refractivity contribution in [3.63, 3.8) is 0 Å². The third kappa shape index (κ3) is 2.33. The van der Waals surface area contributed by atoms with Crippen LogP contribution in [0.15, 0.2) is 67.0 Å². The zero-order valence-corrected chi connectivity index (χ0v) is 11.5. The van der Waals surface area contributed by atoms with Crippen LogP contribution in [0.4, 0.5) is 0 Å². The van der Waals surface area contributed by atoms with Crippen LogP contribution in [-0.4, -0.2) is 14.8 Å². The molecule has 98 valence electrons. The second-order valence-electron chi connectivity index (χ2n) is 4.42. The Balaban J connectivity index is 2.05. The summed E-state index contributed by atoms with van der Waals surface area (Å²) in [7, 11) is 0. The lowest BCUT2D eigenvalue weighted by molar-refractivity contribution is 0.879. The summed E-state index contributed by atoms with van der Waals surface area (Å²) in [4.78, 5) is 0.373. The normalized spacial score (nSPS) is 10.4. The fraction of sp³-hybridized carbons (Fsp3) is 0. The highest BCUT2D eigenvalue weighted by Crippen LogP contribution is 2.21. The maximum Gasteiger partial charge on any atom is 0.106 e. The van der Waals surface area contributed by atoms with Gasteiger partial charge in [-0.2, -0.15) is 5.10 Å². The van der Waals surface area contributed by atoms with Gasteiger partial charge in [-0.1, -0.05) is 54.7 Å². The third-order valence-corrected chi connectivity index (χ3v) is 3.33. The Bertz CT molecular complexity index is 747. The minimum atomic E-state index is 0.373. The summed E-state index contributed by atoms with van der Waals surface area (Å²) in [5.74, 6) is 0. The van der Waals surface area contributed by atoms with E-state index in [1.807, 2.05) is 54.9 Å². The maximum atomic E-state index is 5.76. The molecule has 0 atom stereocenters. The fourth-order valence-corrected chi connectivity index (χ4v) is 2.29. The van der Waals surface area contributed by atoms with Crippen LogP contribution in [0.2, 0.25) is 0 Å². The van der Waals surface area contributed by atoms with Crippen LogP contribution < -0.4 is 5.73 Å². The number of thiocarbonyl (C=S) groups is 1. The summed E-state index contributed by atoms with van der Waals surface area (Å²) in [6.07, 6.45) is 3.82. The van der Waals surface area contributed by atoms with E-state index >= 15 is 0 Å². The van der Waals surface area contributed by atoms with Gasteiger partial charge in [0, 0.05) is 17.3 Å². The summed E-state index contributed by atoms with van der Waals surface area (Å²) in [5, 5.41) is 4.41. The molecule has 0 fully saturated rings. The average molecular weight is 279 g/mol. The van der Waals surface area contributed by atoms with E-state index in [4.69, 9.17) is 18.0 Å². The average Bonchev–Trinajstić information content (AvgIpc) is 2.98. The van der Waals surface area contributed by atoms with Gasteiger partial charge in [-0.05, 0) is 17.7 Å². The predicted octanol–water partition coefficient (Wildman–Crippen LogP) is 3.17. The van der Waals surface area contributed by atoms with E-state index in [1.165, 1.54) is 0 Å². The smallest absolute Gasteiger partial charge is 0.106 e. The molecule has 1 aromatic heterocycles. The number of benzene rings is 2. The minimum absolute atomic E-state index is 0.373. The molecule has 3 nitrogen and oxygen atoms in total. The van der Waals surface area contributed by atoms with Gasteiger partial charge < -0.3 is 5.73 Å². The largest absolute Gasteiger partial charge is 0.389 e. The Hall–Kier alpha value is -2.46. The van der Waals surface area contributed by atoms with Crippen molar-refractivity contribution in [2.45, 2.75) is 0 Å². The molecule has 0 aliphatic carbocycles. The molecule has 0 radical (unpaired) electrons. The molecule has 2 N–H and O–H groups in total. The van der Waals surface area contributed by atoms with Crippen LogP contribution in [0.3, 0.4) is 0 Å². The molecule has 0 bridgehead atoms. The van der Waals surface area contributed by atoms with E-state index in [0.29, 0.717) is 4.99 Å². The second kappa shape index (κ2) is 5.27. The quantitative estimate of drug-likeness (QED) is 0.749. The molecule has 0 spiro atoms. The Morgan fingerprint density at radius 1 is 0.950 bits per heavy atom. The van der Waals surface area contributed by atoms with Gasteiger partial charge in [0.15, 0.2) is 0 Å². The zero-order valence-electron chi connectivity index (χ0n) is 10.7. The highest BCUT2D eigenvalue weighted by molar-refractivity contribution is 7.80. The van der Waals surface area contributed by atoms with Gasteiger partial charge in [0.1, 0.15) is 4.99 Å². The first-order valence-electron chi connectivity index (χ1n) is 6.25. The van der Waals surface area contributed by atoms with Gasteiger partial charge in [-0.15, -0.1) is 0 Å². The van der Waals surface area contributed by atoms with Crippen molar-refractivity contribution in [2.75, 3.05) is 0 Å². The van der Waals surface area contributed by atoms with E-state index in [2.05, 4.69) is 17.2 Å². The number of hydrogen-bond acceptors (Lipinski definition) is 2. The van der Waals surface area contributed by atoms with Crippen LogP contribution in [0.1, 0.15) is 5.56 Å². The molecule has 0 saturated carbocycles. The molecule has 3 aromatic rings. The number of aromatic nitrogens is 2. The highest BCUT2D eigenvalue weighted by Gasteiger charge is 2.08. The van der Waals surface area contributed by atoms with Crippen LogP contribution in [0, 0.1) is 0 Å². The molecule has 0 aliphatic rings. The van der Waals surface area contributed by atoms with E-state index in [0.717, 1.165) is 22.4 Å². The van der Waals surface area contributed by atoms with Crippen molar-refractivity contribution in [1.29, 1.82) is 0 Å². The van der Waals surface area contributed by atoms with Crippen molar-refractivity contribution in [3.8, 4) is 16.8 Å². The van der Waals surface area contributed by atoms with Crippen LogP contribution in [0.5, 0.6) is 0 Å². The minimum Gasteiger partial charge on any atom is -0.389 e. The Morgan fingerprint density at radius 2 is 1.65 bits per heavy atom. The van der Waals surface area contributed by atoms with E-state index < -0.39 is 0 Å². The fourth-order valence-electron chi connectivity index (χ4n) is 2.12. The Morgan fingerprint density at radius 3 is 2.40 bits per heavy atom. The van der Waals surface area contributed by atoms with Crippen LogP contribution >= 0.6 is 12.2 Å². The number of nitrogens with two attached hydrogens (primary N) is 1. The van der Waals surface area contributed by atoms with Crippen molar-refractivity contribution in [1.82, 2.24) is 9.78 Å². The first-order chi connectivity index (χ1) is 9.75. The lowest BCUT2D eigenvalue weighted by Crippen LogP contribution is -2.13. The topological polar surface area (TPSA) is 43.8 Å². The van der Waals surface area contributed by atoms with Crippen LogP contribution in [0.25, 0.3) is 16.8 Å². The standard InChI is InChI=1S/C16H13N3S/c17-16(20)14-8-4-5-9-15(14)19-11-13(10-18-19)12-6-2-1-3-7-12/h1-11H,(H2,17,20). The summed E-state index contributed by atoms with van der Waals surface area (Å²) in [6.45, 7) is 0. The summed E-state index contributed by atoms with van der Waals surface area (Å²) >= 11 is 5.09. The summed E-state index contributed by atoms with van der Waals surface area (Å²) in [5.41, 5.74) is 9.67. The van der Waals surface area contributed by atoms with Gasteiger partial charge in [-0.3, -0.25) is 0 Å². The molecule has 3 rings (SSSR count). The zero-order chi connectivity index (χ0) is 13.9. The van der Waals surface area contributed by atoms with Crippen molar-refractivity contribution >= 4 is 17.2 Å². The molecule has 20 heavy (non-hydrogen) atoms. The molecule has 4 heteroatoms. The van der Waals surface area contributed by atoms with Crippen molar-refractivity contribution in [3.05, 3.63) is 72.6 Å². The van der Waals surface area contributed by atoms with Gasteiger partial charge in [0.25, 0.3) is 0 Å². The monoisotopic (exact) mass is 279 g/mol. The highest BCUT2D eigenvalue weighted by atomic mass is 32.1. The van der Waals surface area contributed by atoms with Gasteiger partial charge >= 0.3 is 0 Å². The maximum absolute atomic E-state index is 5.76. The van der Waals surface area contributed by atoms with E-state index in [1.54, 1.807) is 4.68 Å². The third-order valence-electron chi connectivity index (χ3n) is 3.11. The van der Waals surface area contributed by atoms with Crippen molar-refractivity contribution < 1.29 is 0 Å². The predicted molar refractivity (Wildman–Crippen MR) is 84.9 cm³/mol. The molecule has 1 heterocycles. The number of rotatable bonds is 3. The van der Waals surface area contributed by atoms with Gasteiger partial charge in [0.05, 0.1) is 11.9 Å². The lowest BCUT2D eigenvalue weighted by Gasteiger charge is -2.07. The molecule has 2 aromatic carbocycles. The number of hydrogen-bond donors (Lipinski definition) is 1. The Labute approximate surface area is 122 Å². The molecule has 0 amide bonds. The van der Waals surface area contributed by atoms with Crippen LogP contribution in [-0.2, 0) is 0 Å². The number of para-hydroxylation sites is 1. The first-order valence-corrected chi connectivity index (χ1v) is 6.66. The molecular formula is C16H13N3S. The van der Waals surface area contributed by atoms with Gasteiger partial charge in [-0.25, -0.2) is 4.68 Å². The SMILES string of the molecule is NC(=S)c1ccccc1-n1cc(-c2ccccc2)cn1. The summed E-state index contributed by atoms with van der Waals surface area (Å²) < 4.78 is 1.80. The van der Waals surface area contributed by atoms with Crippen molar-refractivity contribution in [2.24, 2.45) is 5.73 Å². The number of nitrogens with zero attached hydrogens (tertiary/aromatic N) is 2. The lowest BCUT2D eigenvalue weighted by atomic mass is 10.1. The molecule has 0 aliphatic heterocycles. The van der Waals surface area contributed by atoms with Gasteiger partial charge in [0.2, 0.25) is 0 Å². The Kier molecular flexibility index (Phi) is 3.31. The summed E-state index contributed by atoms with van der Waals surface area (Å²) in [6, 6.07) is 17.8. The second-order valence-corrected chi connectivity index (χ2v) is 4.86. The molecule has 0 saturated heterocycles. The molecular weight excluding hydrogens is 266 g/mol.